The molecule has 0 aliphatic rings. The fourth-order valence-corrected chi connectivity index (χ4v) is 3.48. The van der Waals surface area contributed by atoms with Gasteiger partial charge in [0.1, 0.15) is 5.58 Å². The molecule has 4 aromatic rings. The van der Waals surface area contributed by atoms with E-state index in [2.05, 4.69) is 15.9 Å². The second kappa shape index (κ2) is 5.92. The van der Waals surface area contributed by atoms with Gasteiger partial charge in [0.25, 0.3) is 5.91 Å². The van der Waals surface area contributed by atoms with E-state index >= 15 is 0 Å². The number of furan rings is 1. The minimum atomic E-state index is -0.183. The van der Waals surface area contributed by atoms with Gasteiger partial charge in [-0.05, 0) is 42.8 Å². The van der Waals surface area contributed by atoms with Gasteiger partial charge in [-0.1, -0.05) is 40.2 Å². The lowest BCUT2D eigenvalue weighted by atomic mass is 10.1. The Morgan fingerprint density at radius 1 is 1.12 bits per heavy atom. The number of nitrogens with zero attached hydrogens (tertiary/aromatic N) is 1. The maximum atomic E-state index is 13.0. The molecule has 4 nitrogen and oxygen atoms in total. The van der Waals surface area contributed by atoms with Gasteiger partial charge in [0, 0.05) is 21.4 Å². The van der Waals surface area contributed by atoms with Gasteiger partial charge in [-0.2, -0.15) is 0 Å². The van der Waals surface area contributed by atoms with E-state index in [9.17, 15) is 4.79 Å². The number of aromatic nitrogens is 1. The number of halogens is 1. The maximum absolute atomic E-state index is 13.0. The molecule has 0 amide bonds. The third-order valence-corrected chi connectivity index (χ3v) is 4.84. The lowest BCUT2D eigenvalue weighted by Crippen LogP contribution is -2.09. The van der Waals surface area contributed by atoms with E-state index in [1.165, 1.54) is 0 Å². The standard InChI is InChI=1S/C19H15BrN2O2/c20-15-5-3-7-17-14(15)10-18(24-17)19(23)22-11-12(8-9-21)13-4-1-2-6-16(13)22/h1-7,10-11H,8-9,21H2. The predicted octanol–water partition coefficient (Wildman–Crippen LogP) is 4.34. The average Bonchev–Trinajstić information content (AvgIpc) is 3.18. The van der Waals surface area contributed by atoms with Gasteiger partial charge in [-0.25, -0.2) is 0 Å². The predicted molar refractivity (Wildman–Crippen MR) is 98.3 cm³/mol. The van der Waals surface area contributed by atoms with Crippen LogP contribution in [0.5, 0.6) is 0 Å². The number of nitrogens with two attached hydrogens (primary N) is 1. The zero-order chi connectivity index (χ0) is 16.7. The van der Waals surface area contributed by atoms with E-state index in [4.69, 9.17) is 10.2 Å². The lowest BCUT2D eigenvalue weighted by molar-refractivity contribution is 0.0939. The molecule has 0 spiro atoms. The van der Waals surface area contributed by atoms with E-state index in [1.807, 2.05) is 48.7 Å². The highest BCUT2D eigenvalue weighted by Crippen LogP contribution is 2.29. The number of rotatable bonds is 3. The Labute approximate surface area is 147 Å². The summed E-state index contributed by atoms with van der Waals surface area (Å²) in [5.74, 6) is 0.134. The van der Waals surface area contributed by atoms with E-state index in [1.54, 1.807) is 10.6 Å². The Kier molecular flexibility index (Phi) is 3.75. The number of hydrogen-bond donors (Lipinski definition) is 1. The molecule has 2 aromatic heterocycles. The lowest BCUT2D eigenvalue weighted by Gasteiger charge is -2.00. The molecule has 0 aliphatic carbocycles. The van der Waals surface area contributed by atoms with Crippen molar-refractivity contribution < 1.29 is 9.21 Å². The molecule has 5 heteroatoms. The molecule has 4 rings (SSSR count). The minimum absolute atomic E-state index is 0.183. The molecule has 2 N–H and O–H groups in total. The highest BCUT2D eigenvalue weighted by Gasteiger charge is 2.19. The highest BCUT2D eigenvalue weighted by molar-refractivity contribution is 9.10. The highest BCUT2D eigenvalue weighted by atomic mass is 79.9. The summed E-state index contributed by atoms with van der Waals surface area (Å²) < 4.78 is 8.31. The first-order valence-corrected chi connectivity index (χ1v) is 8.50. The average molecular weight is 383 g/mol. The molecule has 2 aromatic carbocycles. The smallest absolute Gasteiger partial charge is 0.298 e. The van der Waals surface area contributed by atoms with E-state index < -0.39 is 0 Å². The first-order valence-electron chi connectivity index (χ1n) is 7.71. The van der Waals surface area contributed by atoms with Crippen molar-refractivity contribution in [2.24, 2.45) is 5.73 Å². The molecule has 0 saturated carbocycles. The Bertz CT molecular complexity index is 1060. The summed E-state index contributed by atoms with van der Waals surface area (Å²) in [4.78, 5) is 13.0. The second-order valence-electron chi connectivity index (χ2n) is 5.65. The van der Waals surface area contributed by atoms with Crippen LogP contribution >= 0.6 is 15.9 Å². The van der Waals surface area contributed by atoms with Gasteiger partial charge in [0.05, 0.1) is 5.52 Å². The van der Waals surface area contributed by atoms with Gasteiger partial charge in [-0.15, -0.1) is 0 Å². The van der Waals surface area contributed by atoms with Crippen molar-refractivity contribution in [1.29, 1.82) is 0 Å². The van der Waals surface area contributed by atoms with Crippen molar-refractivity contribution in [2.75, 3.05) is 6.54 Å². The second-order valence-corrected chi connectivity index (χ2v) is 6.50. The number of hydrogen-bond acceptors (Lipinski definition) is 3. The number of carbonyl (C=O) groups excluding carboxylic acids is 1. The normalized spacial score (nSPS) is 11.4. The van der Waals surface area contributed by atoms with Crippen molar-refractivity contribution in [3.05, 3.63) is 70.5 Å². The summed E-state index contributed by atoms with van der Waals surface area (Å²) >= 11 is 3.49. The molecule has 0 unspecified atom stereocenters. The van der Waals surface area contributed by atoms with E-state index in [0.717, 1.165) is 32.7 Å². The third-order valence-electron chi connectivity index (χ3n) is 4.15. The minimum Gasteiger partial charge on any atom is -0.451 e. The first-order chi connectivity index (χ1) is 11.7. The monoisotopic (exact) mass is 382 g/mol. The number of benzene rings is 2. The van der Waals surface area contributed by atoms with Gasteiger partial charge in [-0.3, -0.25) is 9.36 Å². The van der Waals surface area contributed by atoms with Crippen molar-refractivity contribution in [3.63, 3.8) is 0 Å². The van der Waals surface area contributed by atoms with Crippen LogP contribution < -0.4 is 5.73 Å². The van der Waals surface area contributed by atoms with Gasteiger partial charge >= 0.3 is 0 Å². The summed E-state index contributed by atoms with van der Waals surface area (Å²) in [6, 6.07) is 15.3. The zero-order valence-corrected chi connectivity index (χ0v) is 14.4. The van der Waals surface area contributed by atoms with Gasteiger partial charge < -0.3 is 10.2 Å². The summed E-state index contributed by atoms with van der Waals surface area (Å²) in [5, 5.41) is 1.94. The van der Waals surface area contributed by atoms with Crippen LogP contribution in [0.1, 0.15) is 16.1 Å². The van der Waals surface area contributed by atoms with Crippen molar-refractivity contribution >= 4 is 43.7 Å². The zero-order valence-electron chi connectivity index (χ0n) is 12.8. The van der Waals surface area contributed by atoms with E-state index in [-0.39, 0.29) is 5.91 Å². The van der Waals surface area contributed by atoms with Crippen LogP contribution in [0.3, 0.4) is 0 Å². The number of fused-ring (bicyclic) bond motifs is 2. The SMILES string of the molecule is NCCc1cn(C(=O)c2cc3c(Br)cccc3o2)c2ccccc12. The summed E-state index contributed by atoms with van der Waals surface area (Å²) in [7, 11) is 0. The molecule has 2 heterocycles. The fourth-order valence-electron chi connectivity index (χ4n) is 3.02. The fraction of sp³-hybridized carbons (Fsp3) is 0.105. The topological polar surface area (TPSA) is 61.2 Å². The van der Waals surface area contributed by atoms with Crippen LogP contribution in [0.2, 0.25) is 0 Å². The first kappa shape index (κ1) is 15.2. The van der Waals surface area contributed by atoms with Gasteiger partial charge in [0.2, 0.25) is 0 Å². The van der Waals surface area contributed by atoms with E-state index in [0.29, 0.717) is 17.9 Å². The Balaban J connectivity index is 1.87. The molecular weight excluding hydrogens is 368 g/mol. The van der Waals surface area contributed by atoms with Crippen molar-refractivity contribution in [2.45, 2.75) is 6.42 Å². The van der Waals surface area contributed by atoms with Gasteiger partial charge in [0.15, 0.2) is 5.76 Å². The Hall–Kier alpha value is -2.37. The Morgan fingerprint density at radius 2 is 1.96 bits per heavy atom. The quantitative estimate of drug-likeness (QED) is 0.573. The van der Waals surface area contributed by atoms with Crippen LogP contribution in [0.4, 0.5) is 0 Å². The summed E-state index contributed by atoms with van der Waals surface area (Å²) in [6.45, 7) is 0.541. The molecule has 0 fully saturated rings. The van der Waals surface area contributed by atoms with Crippen LogP contribution in [0.25, 0.3) is 21.9 Å². The molecular formula is C19H15BrN2O2. The van der Waals surface area contributed by atoms with Crippen LogP contribution in [0.15, 0.2) is 63.6 Å². The molecule has 0 aliphatic heterocycles. The van der Waals surface area contributed by atoms with Crippen LogP contribution in [0, 0.1) is 0 Å². The molecule has 120 valence electrons. The maximum Gasteiger partial charge on any atom is 0.298 e. The molecule has 24 heavy (non-hydrogen) atoms. The molecule has 0 radical (unpaired) electrons. The van der Waals surface area contributed by atoms with Crippen molar-refractivity contribution in [3.8, 4) is 0 Å². The summed E-state index contributed by atoms with van der Waals surface area (Å²) in [5.41, 5.74) is 8.32. The number of carbonyl (C=O) groups is 1. The third kappa shape index (κ3) is 2.37. The van der Waals surface area contributed by atoms with Crippen molar-refractivity contribution in [1.82, 2.24) is 4.57 Å². The van der Waals surface area contributed by atoms with Crippen LogP contribution in [-0.2, 0) is 6.42 Å². The molecule has 0 atom stereocenters. The molecule has 0 bridgehead atoms. The molecule has 0 saturated heterocycles. The Morgan fingerprint density at radius 3 is 2.75 bits per heavy atom. The number of para-hydroxylation sites is 1. The summed E-state index contributed by atoms with van der Waals surface area (Å²) in [6.07, 6.45) is 2.59. The largest absolute Gasteiger partial charge is 0.451 e. The van der Waals surface area contributed by atoms with Crippen LogP contribution in [-0.4, -0.2) is 17.0 Å².